The zero-order valence-corrected chi connectivity index (χ0v) is 13.8. The Balaban J connectivity index is 1.94. The van der Waals surface area contributed by atoms with Crippen LogP contribution in [0, 0.1) is 0 Å². The fourth-order valence-corrected chi connectivity index (χ4v) is 3.51. The van der Waals surface area contributed by atoms with Crippen LogP contribution in [0.15, 0.2) is 18.2 Å². The highest BCUT2D eigenvalue weighted by Gasteiger charge is 2.37. The van der Waals surface area contributed by atoms with Gasteiger partial charge in [-0.3, -0.25) is 14.5 Å². The van der Waals surface area contributed by atoms with Gasteiger partial charge in [-0.25, -0.2) is 0 Å². The number of aliphatic hydroxyl groups is 1. The summed E-state index contributed by atoms with van der Waals surface area (Å²) in [7, 11) is 0. The Bertz CT molecular complexity index is 649. The average Bonchev–Trinajstić information content (AvgIpc) is 3.15. The molecule has 1 aromatic carbocycles. The lowest BCUT2D eigenvalue weighted by molar-refractivity contribution is -0.137. The maximum atomic E-state index is 12.3. The molecule has 1 fully saturated rings. The van der Waals surface area contributed by atoms with Crippen LogP contribution < -0.4 is 15.5 Å². The summed E-state index contributed by atoms with van der Waals surface area (Å²) < 4.78 is 5.14. The Kier molecular flexibility index (Phi) is 4.73. The van der Waals surface area contributed by atoms with Crippen molar-refractivity contribution in [2.24, 2.45) is 5.73 Å². The largest absolute Gasteiger partial charge is 0.371 e. The van der Waals surface area contributed by atoms with E-state index in [1.807, 2.05) is 12.1 Å². The number of hydrogen-bond donors (Lipinski definition) is 2. The van der Waals surface area contributed by atoms with E-state index in [9.17, 15) is 14.7 Å². The van der Waals surface area contributed by atoms with Crippen molar-refractivity contribution in [3.05, 3.63) is 23.8 Å². The third-order valence-corrected chi connectivity index (χ3v) is 4.62. The number of anilines is 2. The minimum Gasteiger partial charge on any atom is -0.371 e. The first-order valence-electron chi connectivity index (χ1n) is 8.33. The number of hydrogen-bond acceptors (Lipinski definition) is 5. The van der Waals surface area contributed by atoms with Gasteiger partial charge in [0.05, 0.1) is 12.6 Å². The second kappa shape index (κ2) is 6.78. The predicted octanol–water partition coefficient (Wildman–Crippen LogP) is 0.385. The molecule has 0 bridgehead atoms. The topological polar surface area (TPSA) is 96.1 Å². The fraction of sp³-hybridized carbons (Fsp3) is 0.529. The lowest BCUT2D eigenvalue weighted by atomic mass is 10.1. The molecule has 3 N–H and O–H groups in total. The molecule has 2 heterocycles. The summed E-state index contributed by atoms with van der Waals surface area (Å²) in [6, 6.07) is 5.09. The first-order chi connectivity index (χ1) is 11.5. The molecule has 2 amide bonds. The average molecular weight is 333 g/mol. The van der Waals surface area contributed by atoms with Crippen LogP contribution in [-0.4, -0.2) is 48.9 Å². The number of rotatable bonds is 4. The van der Waals surface area contributed by atoms with Crippen LogP contribution in [0.25, 0.3) is 0 Å². The Hall–Kier alpha value is -2.12. The first-order valence-corrected chi connectivity index (χ1v) is 8.33. The van der Waals surface area contributed by atoms with Gasteiger partial charge in [-0.05, 0) is 43.0 Å². The second-order valence-corrected chi connectivity index (χ2v) is 6.21. The molecule has 0 aromatic heterocycles. The number of fused-ring (bicyclic) bond motifs is 1. The number of carbonyl (C=O) groups excluding carboxylic acids is 2. The van der Waals surface area contributed by atoms with Gasteiger partial charge in [-0.15, -0.1) is 0 Å². The predicted molar refractivity (Wildman–Crippen MR) is 89.7 cm³/mol. The number of nitrogens with two attached hydrogens (primary N) is 1. The summed E-state index contributed by atoms with van der Waals surface area (Å²) in [6.45, 7) is 4.42. The van der Waals surface area contributed by atoms with Crippen LogP contribution in [0.4, 0.5) is 11.4 Å². The van der Waals surface area contributed by atoms with Crippen LogP contribution in [0.3, 0.4) is 0 Å². The van der Waals surface area contributed by atoms with E-state index in [0.29, 0.717) is 18.7 Å². The molecule has 1 unspecified atom stereocenters. The SMILES string of the molecule is CCCN1CCc2cc(N(C(=O)C(N)=O)[C@H]3CCOC3O)ccc21. The van der Waals surface area contributed by atoms with E-state index in [0.717, 1.165) is 37.2 Å². The van der Waals surface area contributed by atoms with E-state index < -0.39 is 24.1 Å². The Morgan fingerprint density at radius 1 is 1.46 bits per heavy atom. The summed E-state index contributed by atoms with van der Waals surface area (Å²) in [5.41, 5.74) is 8.07. The second-order valence-electron chi connectivity index (χ2n) is 6.21. The maximum absolute atomic E-state index is 12.3. The number of ether oxygens (including phenoxy) is 1. The summed E-state index contributed by atoms with van der Waals surface area (Å²) in [5.74, 6) is -1.87. The highest BCUT2D eigenvalue weighted by Crippen LogP contribution is 2.34. The molecule has 24 heavy (non-hydrogen) atoms. The number of primary amides is 1. The third kappa shape index (κ3) is 2.97. The Morgan fingerprint density at radius 3 is 2.88 bits per heavy atom. The number of aliphatic hydroxyl groups excluding tert-OH is 1. The van der Waals surface area contributed by atoms with Crippen LogP contribution in [0.5, 0.6) is 0 Å². The van der Waals surface area contributed by atoms with Crippen LogP contribution in [0.2, 0.25) is 0 Å². The molecule has 7 nitrogen and oxygen atoms in total. The minimum absolute atomic E-state index is 0.337. The molecule has 0 saturated carbocycles. The van der Waals surface area contributed by atoms with Crippen molar-refractivity contribution >= 4 is 23.2 Å². The van der Waals surface area contributed by atoms with E-state index in [4.69, 9.17) is 10.5 Å². The lowest BCUT2D eigenvalue weighted by Gasteiger charge is -2.29. The monoisotopic (exact) mass is 333 g/mol. The van der Waals surface area contributed by atoms with Crippen LogP contribution in [0.1, 0.15) is 25.3 Å². The zero-order chi connectivity index (χ0) is 17.3. The molecule has 0 radical (unpaired) electrons. The molecule has 2 atom stereocenters. The van der Waals surface area contributed by atoms with Gasteiger partial charge in [-0.1, -0.05) is 6.92 Å². The lowest BCUT2D eigenvalue weighted by Crippen LogP contribution is -2.49. The molecule has 2 aliphatic heterocycles. The van der Waals surface area contributed by atoms with Gasteiger partial charge in [0.2, 0.25) is 0 Å². The first kappa shape index (κ1) is 16.7. The Morgan fingerprint density at radius 2 is 2.25 bits per heavy atom. The summed E-state index contributed by atoms with van der Waals surface area (Å²) in [6.07, 6.45) is 1.31. The highest BCUT2D eigenvalue weighted by molar-refractivity contribution is 6.40. The van der Waals surface area contributed by atoms with E-state index >= 15 is 0 Å². The number of nitrogens with zero attached hydrogens (tertiary/aromatic N) is 2. The molecule has 1 saturated heterocycles. The van der Waals surface area contributed by atoms with Gasteiger partial charge in [0.15, 0.2) is 6.29 Å². The van der Waals surface area contributed by atoms with Gasteiger partial charge < -0.3 is 20.5 Å². The van der Waals surface area contributed by atoms with Crippen molar-refractivity contribution in [3.8, 4) is 0 Å². The van der Waals surface area contributed by atoms with Gasteiger partial charge in [0.25, 0.3) is 0 Å². The quantitative estimate of drug-likeness (QED) is 0.777. The number of benzene rings is 1. The third-order valence-electron chi connectivity index (χ3n) is 4.62. The molecule has 3 rings (SSSR count). The van der Waals surface area contributed by atoms with Crippen molar-refractivity contribution < 1.29 is 19.4 Å². The van der Waals surface area contributed by atoms with Crippen LogP contribution >= 0.6 is 0 Å². The van der Waals surface area contributed by atoms with Crippen molar-refractivity contribution in [1.82, 2.24) is 0 Å². The molecule has 2 aliphatic rings. The number of amides is 2. The van der Waals surface area contributed by atoms with E-state index in [-0.39, 0.29) is 0 Å². The van der Waals surface area contributed by atoms with E-state index in [2.05, 4.69) is 11.8 Å². The summed E-state index contributed by atoms with van der Waals surface area (Å²) in [5, 5.41) is 9.98. The maximum Gasteiger partial charge on any atom is 0.316 e. The molecular weight excluding hydrogens is 310 g/mol. The molecular formula is C17H23N3O4. The zero-order valence-electron chi connectivity index (χ0n) is 13.8. The molecule has 0 spiro atoms. The van der Waals surface area contributed by atoms with Crippen LogP contribution in [-0.2, 0) is 20.7 Å². The summed E-state index contributed by atoms with van der Waals surface area (Å²) in [4.78, 5) is 27.4. The highest BCUT2D eigenvalue weighted by atomic mass is 16.6. The summed E-state index contributed by atoms with van der Waals surface area (Å²) >= 11 is 0. The minimum atomic E-state index is -1.11. The standard InChI is InChI=1S/C17H23N3O4/c1-2-7-19-8-5-11-10-12(3-4-13(11)19)20(16(22)15(18)21)14-6-9-24-17(14)23/h3-4,10,14,17,23H,2,5-9H2,1H3,(H2,18,21)/t14-,17?/m0/s1. The smallest absolute Gasteiger partial charge is 0.316 e. The van der Waals surface area contributed by atoms with Gasteiger partial charge >= 0.3 is 11.8 Å². The van der Waals surface area contributed by atoms with Gasteiger partial charge in [-0.2, -0.15) is 0 Å². The molecule has 1 aromatic rings. The van der Waals surface area contributed by atoms with E-state index in [1.54, 1.807) is 6.07 Å². The normalized spacial score (nSPS) is 22.5. The van der Waals surface area contributed by atoms with Gasteiger partial charge in [0.1, 0.15) is 0 Å². The molecule has 130 valence electrons. The number of carbonyl (C=O) groups is 2. The van der Waals surface area contributed by atoms with Crippen molar-refractivity contribution in [2.75, 3.05) is 29.5 Å². The molecule has 0 aliphatic carbocycles. The van der Waals surface area contributed by atoms with Gasteiger partial charge in [0, 0.05) is 24.5 Å². The van der Waals surface area contributed by atoms with Crippen molar-refractivity contribution in [1.29, 1.82) is 0 Å². The molecule has 7 heteroatoms. The van der Waals surface area contributed by atoms with Crippen molar-refractivity contribution in [2.45, 2.75) is 38.5 Å². The Labute approximate surface area is 141 Å². The fourth-order valence-electron chi connectivity index (χ4n) is 3.51. The van der Waals surface area contributed by atoms with Crippen molar-refractivity contribution in [3.63, 3.8) is 0 Å². The van der Waals surface area contributed by atoms with E-state index in [1.165, 1.54) is 4.90 Å².